The highest BCUT2D eigenvalue weighted by Crippen LogP contribution is 2.17. The third-order valence-corrected chi connectivity index (χ3v) is 2.92. The number of anilines is 1. The highest BCUT2D eigenvalue weighted by molar-refractivity contribution is 5.92. The number of unbranched alkanes of at least 4 members (excludes halogenated alkanes) is 1. The summed E-state index contributed by atoms with van der Waals surface area (Å²) in [4.78, 5) is 22.3. The van der Waals surface area contributed by atoms with E-state index in [1.54, 1.807) is 24.3 Å². The summed E-state index contributed by atoms with van der Waals surface area (Å²) in [6.45, 7) is 3.63. The summed E-state index contributed by atoms with van der Waals surface area (Å²) in [5.74, 6) is -0.577. The average Bonchev–Trinajstić information content (AvgIpc) is 2.43. The van der Waals surface area contributed by atoms with Crippen LogP contribution in [-0.2, 0) is 9.59 Å². The molecule has 1 aromatic carbocycles. The van der Waals surface area contributed by atoms with Crippen molar-refractivity contribution in [1.29, 1.82) is 0 Å². The molecule has 1 atom stereocenters. The normalized spacial score (nSPS) is 11.7. The molecule has 2 N–H and O–H groups in total. The van der Waals surface area contributed by atoms with Crippen molar-refractivity contribution in [3.05, 3.63) is 24.3 Å². The first-order valence-corrected chi connectivity index (χ1v) is 6.78. The summed E-state index contributed by atoms with van der Waals surface area (Å²) < 4.78 is 5.02. The molecule has 1 amide bonds. The molecule has 20 heavy (non-hydrogen) atoms. The topological polar surface area (TPSA) is 75.6 Å². The largest absolute Gasteiger partial charge is 0.482 e. The molecule has 0 aliphatic rings. The standard InChI is InChI=1S/C15H21NO4/c1-3-4-5-11(2)15(19)16-12-6-8-13(9-7-12)20-10-14(17)18/h6-9,11H,3-5,10H2,1-2H3,(H,16,19)(H,17,18). The highest BCUT2D eigenvalue weighted by atomic mass is 16.5. The van der Waals surface area contributed by atoms with Gasteiger partial charge in [0.2, 0.25) is 5.91 Å². The Kier molecular flexibility index (Phi) is 6.56. The minimum atomic E-state index is -1.02. The summed E-state index contributed by atoms with van der Waals surface area (Å²) in [6.07, 6.45) is 2.99. The number of rotatable bonds is 8. The van der Waals surface area contributed by atoms with E-state index in [0.29, 0.717) is 11.4 Å². The van der Waals surface area contributed by atoms with E-state index in [1.807, 2.05) is 6.92 Å². The molecule has 1 unspecified atom stereocenters. The van der Waals surface area contributed by atoms with Gasteiger partial charge in [0, 0.05) is 11.6 Å². The Balaban J connectivity index is 2.48. The van der Waals surface area contributed by atoms with E-state index in [1.165, 1.54) is 0 Å². The SMILES string of the molecule is CCCCC(C)C(=O)Nc1ccc(OCC(=O)O)cc1. The molecule has 0 heterocycles. The van der Waals surface area contributed by atoms with Crippen LogP contribution in [0.4, 0.5) is 5.69 Å². The van der Waals surface area contributed by atoms with Crippen LogP contribution in [0.2, 0.25) is 0 Å². The number of carboxylic acids is 1. The number of hydrogen-bond acceptors (Lipinski definition) is 3. The maximum Gasteiger partial charge on any atom is 0.341 e. The van der Waals surface area contributed by atoms with Gasteiger partial charge < -0.3 is 15.2 Å². The lowest BCUT2D eigenvalue weighted by atomic mass is 10.0. The van der Waals surface area contributed by atoms with Crippen LogP contribution in [0.15, 0.2) is 24.3 Å². The van der Waals surface area contributed by atoms with Gasteiger partial charge in [0.1, 0.15) is 5.75 Å². The van der Waals surface area contributed by atoms with Crippen molar-refractivity contribution in [1.82, 2.24) is 0 Å². The van der Waals surface area contributed by atoms with Gasteiger partial charge in [-0.2, -0.15) is 0 Å². The fraction of sp³-hybridized carbons (Fsp3) is 0.467. The van der Waals surface area contributed by atoms with Crippen LogP contribution in [0.25, 0.3) is 0 Å². The highest BCUT2D eigenvalue weighted by Gasteiger charge is 2.12. The second-order valence-corrected chi connectivity index (χ2v) is 4.74. The van der Waals surface area contributed by atoms with Crippen LogP contribution in [0.5, 0.6) is 5.75 Å². The zero-order valence-electron chi connectivity index (χ0n) is 11.9. The van der Waals surface area contributed by atoms with Gasteiger partial charge in [-0.25, -0.2) is 4.79 Å². The van der Waals surface area contributed by atoms with Crippen molar-refractivity contribution in [2.24, 2.45) is 5.92 Å². The minimum absolute atomic E-state index is 0.00217. The van der Waals surface area contributed by atoms with Crippen molar-refractivity contribution >= 4 is 17.6 Å². The van der Waals surface area contributed by atoms with Crippen molar-refractivity contribution in [2.45, 2.75) is 33.1 Å². The van der Waals surface area contributed by atoms with E-state index >= 15 is 0 Å². The van der Waals surface area contributed by atoms with Crippen LogP contribution in [0, 0.1) is 5.92 Å². The lowest BCUT2D eigenvalue weighted by Crippen LogP contribution is -2.20. The van der Waals surface area contributed by atoms with E-state index in [-0.39, 0.29) is 18.4 Å². The lowest BCUT2D eigenvalue weighted by molar-refractivity contribution is -0.139. The number of hydrogen-bond donors (Lipinski definition) is 2. The third-order valence-electron chi connectivity index (χ3n) is 2.92. The molecule has 0 radical (unpaired) electrons. The van der Waals surface area contributed by atoms with Gasteiger partial charge in [0.05, 0.1) is 0 Å². The Morgan fingerprint density at radius 3 is 2.50 bits per heavy atom. The molecule has 110 valence electrons. The zero-order valence-corrected chi connectivity index (χ0v) is 11.9. The summed E-state index contributed by atoms with van der Waals surface area (Å²) in [5.41, 5.74) is 0.682. The summed E-state index contributed by atoms with van der Waals surface area (Å²) in [5, 5.41) is 11.3. The average molecular weight is 279 g/mol. The molecular formula is C15H21NO4. The summed E-state index contributed by atoms with van der Waals surface area (Å²) >= 11 is 0. The molecule has 0 saturated carbocycles. The molecule has 5 heteroatoms. The third kappa shape index (κ3) is 5.73. The zero-order chi connectivity index (χ0) is 15.0. The number of amides is 1. The van der Waals surface area contributed by atoms with Crippen molar-refractivity contribution in [3.63, 3.8) is 0 Å². The van der Waals surface area contributed by atoms with Crippen molar-refractivity contribution in [3.8, 4) is 5.75 Å². The minimum Gasteiger partial charge on any atom is -0.482 e. The van der Waals surface area contributed by atoms with E-state index in [0.717, 1.165) is 19.3 Å². The number of carboxylic acid groups (broad SMARTS) is 1. The summed E-state index contributed by atoms with van der Waals surface area (Å²) in [7, 11) is 0. The Labute approximate surface area is 118 Å². The monoisotopic (exact) mass is 279 g/mol. The number of aliphatic carboxylic acids is 1. The Morgan fingerprint density at radius 1 is 1.30 bits per heavy atom. The predicted molar refractivity (Wildman–Crippen MR) is 76.9 cm³/mol. The molecule has 0 aliphatic heterocycles. The molecule has 1 aromatic rings. The van der Waals surface area contributed by atoms with E-state index < -0.39 is 5.97 Å². The smallest absolute Gasteiger partial charge is 0.341 e. The molecule has 1 rings (SSSR count). The molecule has 0 fully saturated rings. The van der Waals surface area contributed by atoms with Gasteiger partial charge in [0.25, 0.3) is 0 Å². The van der Waals surface area contributed by atoms with Crippen LogP contribution in [0.1, 0.15) is 33.1 Å². The maximum atomic E-state index is 11.9. The molecule has 0 aliphatic carbocycles. The Morgan fingerprint density at radius 2 is 1.95 bits per heavy atom. The van der Waals surface area contributed by atoms with Crippen LogP contribution < -0.4 is 10.1 Å². The van der Waals surface area contributed by atoms with Crippen LogP contribution in [0.3, 0.4) is 0 Å². The maximum absolute atomic E-state index is 11.9. The second-order valence-electron chi connectivity index (χ2n) is 4.74. The van der Waals surface area contributed by atoms with E-state index in [2.05, 4.69) is 12.2 Å². The Bertz CT molecular complexity index is 442. The second kappa shape index (κ2) is 8.19. The number of benzene rings is 1. The Hall–Kier alpha value is -2.04. The quantitative estimate of drug-likeness (QED) is 0.767. The fourth-order valence-corrected chi connectivity index (χ4v) is 1.69. The van der Waals surface area contributed by atoms with Crippen LogP contribution >= 0.6 is 0 Å². The van der Waals surface area contributed by atoms with Gasteiger partial charge in [0.15, 0.2) is 6.61 Å². The molecule has 5 nitrogen and oxygen atoms in total. The van der Waals surface area contributed by atoms with Gasteiger partial charge in [-0.3, -0.25) is 4.79 Å². The van der Waals surface area contributed by atoms with Gasteiger partial charge in [-0.15, -0.1) is 0 Å². The first kappa shape index (κ1) is 16.0. The van der Waals surface area contributed by atoms with Gasteiger partial charge in [-0.1, -0.05) is 26.7 Å². The lowest BCUT2D eigenvalue weighted by Gasteiger charge is -2.12. The first-order chi connectivity index (χ1) is 9.52. The van der Waals surface area contributed by atoms with Gasteiger partial charge >= 0.3 is 5.97 Å². The number of carbonyl (C=O) groups excluding carboxylic acids is 1. The molecule has 0 spiro atoms. The first-order valence-electron chi connectivity index (χ1n) is 6.78. The molecule has 0 saturated heterocycles. The predicted octanol–water partition coefficient (Wildman–Crippen LogP) is 2.91. The number of ether oxygens (including phenoxy) is 1. The number of nitrogens with one attached hydrogen (secondary N) is 1. The number of carbonyl (C=O) groups is 2. The molecular weight excluding hydrogens is 258 g/mol. The van der Waals surface area contributed by atoms with Crippen molar-refractivity contribution < 1.29 is 19.4 Å². The van der Waals surface area contributed by atoms with Crippen LogP contribution in [-0.4, -0.2) is 23.6 Å². The van der Waals surface area contributed by atoms with Gasteiger partial charge in [-0.05, 0) is 30.7 Å². The van der Waals surface area contributed by atoms with E-state index in [9.17, 15) is 9.59 Å². The summed E-state index contributed by atoms with van der Waals surface area (Å²) in [6, 6.07) is 6.66. The van der Waals surface area contributed by atoms with E-state index in [4.69, 9.17) is 9.84 Å². The molecule has 0 aromatic heterocycles. The molecule has 0 bridgehead atoms. The van der Waals surface area contributed by atoms with Crippen molar-refractivity contribution in [2.75, 3.05) is 11.9 Å². The fourth-order valence-electron chi connectivity index (χ4n) is 1.69.